The Morgan fingerprint density at radius 3 is 2.69 bits per heavy atom. The largest absolute Gasteiger partial charge is 0.496 e. The molecule has 1 aromatic carbocycles. The fourth-order valence-electron chi connectivity index (χ4n) is 1.19. The lowest BCUT2D eigenvalue weighted by molar-refractivity contribution is 0.350. The Bertz CT molecular complexity index is 316. The van der Waals surface area contributed by atoms with Gasteiger partial charge in [0, 0.05) is 0 Å². The Balaban J connectivity index is 3.02. The number of aliphatic hydroxyl groups is 1. The zero-order chi connectivity index (χ0) is 9.84. The molecule has 70 valence electrons. The summed E-state index contributed by atoms with van der Waals surface area (Å²) < 4.78 is 5.12. The molecule has 0 aromatic heterocycles. The van der Waals surface area contributed by atoms with Crippen LogP contribution in [-0.2, 0) is 0 Å². The van der Waals surface area contributed by atoms with E-state index in [0.29, 0.717) is 0 Å². The molecule has 2 heteroatoms. The van der Waals surface area contributed by atoms with Crippen molar-refractivity contribution in [1.29, 1.82) is 0 Å². The summed E-state index contributed by atoms with van der Waals surface area (Å²) in [5.74, 6) is 0.856. The fourth-order valence-corrected chi connectivity index (χ4v) is 1.19. The number of benzene rings is 1. The molecule has 1 N–H and O–H groups in total. The number of ether oxygens (including phenoxy) is 1. The molecule has 0 fully saturated rings. The highest BCUT2D eigenvalue weighted by Crippen LogP contribution is 2.21. The minimum Gasteiger partial charge on any atom is -0.496 e. The normalized spacial score (nSPS) is 9.77. The SMILES string of the molecule is C=C(CO)c1ccc(OC)c(C)c1. The van der Waals surface area contributed by atoms with Gasteiger partial charge in [-0.2, -0.15) is 0 Å². The van der Waals surface area contributed by atoms with Crippen molar-refractivity contribution in [2.75, 3.05) is 13.7 Å². The van der Waals surface area contributed by atoms with E-state index in [0.717, 1.165) is 22.4 Å². The molecule has 13 heavy (non-hydrogen) atoms. The van der Waals surface area contributed by atoms with E-state index in [9.17, 15) is 0 Å². The van der Waals surface area contributed by atoms with Gasteiger partial charge in [0.1, 0.15) is 5.75 Å². The van der Waals surface area contributed by atoms with E-state index in [4.69, 9.17) is 9.84 Å². The highest BCUT2D eigenvalue weighted by atomic mass is 16.5. The molecule has 0 amide bonds. The van der Waals surface area contributed by atoms with Gasteiger partial charge < -0.3 is 9.84 Å². The Kier molecular flexibility index (Phi) is 3.09. The molecule has 0 aliphatic carbocycles. The van der Waals surface area contributed by atoms with E-state index in [1.54, 1.807) is 7.11 Å². The second kappa shape index (κ2) is 4.10. The number of aryl methyl sites for hydroxylation is 1. The molecule has 0 spiro atoms. The lowest BCUT2D eigenvalue weighted by atomic mass is 10.1. The average molecular weight is 178 g/mol. The predicted molar refractivity (Wildman–Crippen MR) is 53.9 cm³/mol. The van der Waals surface area contributed by atoms with Gasteiger partial charge in [-0.15, -0.1) is 0 Å². The number of rotatable bonds is 3. The summed E-state index contributed by atoms with van der Waals surface area (Å²) in [6.45, 7) is 5.71. The van der Waals surface area contributed by atoms with Gasteiger partial charge in [-0.1, -0.05) is 12.6 Å². The maximum Gasteiger partial charge on any atom is 0.121 e. The second-order valence-electron chi connectivity index (χ2n) is 2.95. The van der Waals surface area contributed by atoms with Crippen molar-refractivity contribution in [2.24, 2.45) is 0 Å². The molecular weight excluding hydrogens is 164 g/mol. The number of hydrogen-bond acceptors (Lipinski definition) is 2. The third-order valence-corrected chi connectivity index (χ3v) is 1.99. The Morgan fingerprint density at radius 2 is 2.23 bits per heavy atom. The highest BCUT2D eigenvalue weighted by molar-refractivity contribution is 5.65. The summed E-state index contributed by atoms with van der Waals surface area (Å²) in [6.07, 6.45) is 0. The fraction of sp³-hybridized carbons (Fsp3) is 0.273. The molecule has 0 saturated carbocycles. The number of hydrogen-bond donors (Lipinski definition) is 1. The van der Waals surface area contributed by atoms with Crippen molar-refractivity contribution in [2.45, 2.75) is 6.92 Å². The van der Waals surface area contributed by atoms with Crippen LogP contribution in [0.15, 0.2) is 24.8 Å². The standard InChI is InChI=1S/C11H14O2/c1-8-6-10(9(2)7-12)4-5-11(8)13-3/h4-6,12H,2,7H2,1,3H3. The number of methoxy groups -OCH3 is 1. The highest BCUT2D eigenvalue weighted by Gasteiger charge is 2.01. The molecule has 1 aromatic rings. The maximum atomic E-state index is 8.87. The van der Waals surface area contributed by atoms with Crippen molar-refractivity contribution in [3.63, 3.8) is 0 Å². The Labute approximate surface area is 78.5 Å². The molecule has 0 unspecified atom stereocenters. The molecule has 2 nitrogen and oxygen atoms in total. The van der Waals surface area contributed by atoms with Gasteiger partial charge in [-0.25, -0.2) is 0 Å². The molecule has 0 aliphatic rings. The minimum atomic E-state index is -0.00817. The van der Waals surface area contributed by atoms with Gasteiger partial charge >= 0.3 is 0 Å². The molecule has 0 atom stereocenters. The third-order valence-electron chi connectivity index (χ3n) is 1.99. The van der Waals surface area contributed by atoms with Gasteiger partial charge in [-0.05, 0) is 35.8 Å². The van der Waals surface area contributed by atoms with Crippen LogP contribution in [0.1, 0.15) is 11.1 Å². The first-order chi connectivity index (χ1) is 6.19. The van der Waals surface area contributed by atoms with Crippen LogP contribution in [-0.4, -0.2) is 18.8 Å². The van der Waals surface area contributed by atoms with Gasteiger partial charge in [0.05, 0.1) is 13.7 Å². The summed E-state index contributed by atoms with van der Waals surface area (Å²) in [6, 6.07) is 5.73. The van der Waals surface area contributed by atoms with Crippen molar-refractivity contribution in [1.82, 2.24) is 0 Å². The van der Waals surface area contributed by atoms with Crippen LogP contribution >= 0.6 is 0 Å². The molecule has 0 aliphatic heterocycles. The van der Waals surface area contributed by atoms with Gasteiger partial charge in [0.2, 0.25) is 0 Å². The number of aliphatic hydroxyl groups excluding tert-OH is 1. The van der Waals surface area contributed by atoms with E-state index < -0.39 is 0 Å². The van der Waals surface area contributed by atoms with Crippen LogP contribution in [0.25, 0.3) is 5.57 Å². The Hall–Kier alpha value is -1.28. The van der Waals surface area contributed by atoms with Crippen molar-refractivity contribution >= 4 is 5.57 Å². The van der Waals surface area contributed by atoms with Crippen LogP contribution in [0.5, 0.6) is 5.75 Å². The predicted octanol–water partition coefficient (Wildman–Crippen LogP) is 2.01. The molecule has 0 bridgehead atoms. The van der Waals surface area contributed by atoms with Crippen LogP contribution in [0.4, 0.5) is 0 Å². The van der Waals surface area contributed by atoms with Crippen LogP contribution in [0.3, 0.4) is 0 Å². The lowest BCUT2D eigenvalue weighted by Gasteiger charge is -2.07. The maximum absolute atomic E-state index is 8.87. The van der Waals surface area contributed by atoms with Gasteiger partial charge in [0.15, 0.2) is 0 Å². The first-order valence-electron chi connectivity index (χ1n) is 4.12. The van der Waals surface area contributed by atoms with Crippen LogP contribution in [0, 0.1) is 6.92 Å². The van der Waals surface area contributed by atoms with E-state index in [2.05, 4.69) is 6.58 Å². The Morgan fingerprint density at radius 1 is 1.54 bits per heavy atom. The summed E-state index contributed by atoms with van der Waals surface area (Å²) in [4.78, 5) is 0. The molecular formula is C11H14O2. The van der Waals surface area contributed by atoms with Crippen LogP contribution in [0.2, 0.25) is 0 Å². The lowest BCUT2D eigenvalue weighted by Crippen LogP contribution is -1.92. The van der Waals surface area contributed by atoms with E-state index in [1.807, 2.05) is 25.1 Å². The molecule has 0 heterocycles. The third kappa shape index (κ3) is 2.10. The zero-order valence-electron chi connectivity index (χ0n) is 8.00. The molecule has 0 saturated heterocycles. The van der Waals surface area contributed by atoms with Gasteiger partial charge in [-0.3, -0.25) is 0 Å². The first kappa shape index (κ1) is 9.81. The monoisotopic (exact) mass is 178 g/mol. The quantitative estimate of drug-likeness (QED) is 0.767. The van der Waals surface area contributed by atoms with Gasteiger partial charge in [0.25, 0.3) is 0 Å². The van der Waals surface area contributed by atoms with Crippen LogP contribution < -0.4 is 4.74 Å². The van der Waals surface area contributed by atoms with E-state index >= 15 is 0 Å². The zero-order valence-corrected chi connectivity index (χ0v) is 8.00. The van der Waals surface area contributed by atoms with Crippen molar-refractivity contribution in [3.05, 3.63) is 35.9 Å². The van der Waals surface area contributed by atoms with Crippen molar-refractivity contribution in [3.8, 4) is 5.75 Å². The van der Waals surface area contributed by atoms with Crippen molar-refractivity contribution < 1.29 is 9.84 Å². The molecule has 1 rings (SSSR count). The summed E-state index contributed by atoms with van der Waals surface area (Å²) >= 11 is 0. The van der Waals surface area contributed by atoms with E-state index in [1.165, 1.54) is 0 Å². The summed E-state index contributed by atoms with van der Waals surface area (Å²) in [5, 5.41) is 8.87. The second-order valence-corrected chi connectivity index (χ2v) is 2.95. The summed E-state index contributed by atoms with van der Waals surface area (Å²) in [5.41, 5.74) is 2.74. The minimum absolute atomic E-state index is 0.00817. The average Bonchev–Trinajstić information content (AvgIpc) is 2.16. The topological polar surface area (TPSA) is 29.5 Å². The first-order valence-corrected chi connectivity index (χ1v) is 4.12. The summed E-state index contributed by atoms with van der Waals surface area (Å²) in [7, 11) is 1.64. The van der Waals surface area contributed by atoms with E-state index in [-0.39, 0.29) is 6.61 Å². The molecule has 0 radical (unpaired) electrons. The smallest absolute Gasteiger partial charge is 0.121 e.